The molecule has 0 aromatic heterocycles. The van der Waals surface area contributed by atoms with Crippen molar-refractivity contribution in [2.75, 3.05) is 7.11 Å². The molecule has 1 rings (SSSR count). The summed E-state index contributed by atoms with van der Waals surface area (Å²) in [7, 11) is 1.31. The van der Waals surface area contributed by atoms with Crippen molar-refractivity contribution in [2.24, 2.45) is 23.7 Å². The van der Waals surface area contributed by atoms with Crippen LogP contribution < -0.4 is 10.6 Å². The predicted octanol–water partition coefficient (Wildman–Crippen LogP) is 2.66. The van der Waals surface area contributed by atoms with E-state index in [4.69, 9.17) is 4.74 Å². The molecule has 3 atom stereocenters. The molecule has 1 aliphatic carbocycles. The smallest absolute Gasteiger partial charge is 0.328 e. The van der Waals surface area contributed by atoms with Crippen LogP contribution in [0.25, 0.3) is 0 Å². The molecule has 6 heteroatoms. The van der Waals surface area contributed by atoms with E-state index < -0.39 is 18.1 Å². The number of amides is 2. The summed E-state index contributed by atoms with van der Waals surface area (Å²) in [6, 6.07) is -1.36. The number of carbonyl (C=O) groups excluding carboxylic acids is 3. The van der Waals surface area contributed by atoms with Crippen LogP contribution in [0, 0.1) is 23.7 Å². The van der Waals surface area contributed by atoms with Gasteiger partial charge in [0, 0.05) is 5.92 Å². The fraction of sp³-hybridized carbons (Fsp3) is 0.850. The maximum absolute atomic E-state index is 12.8. The molecule has 0 saturated heterocycles. The Balaban J connectivity index is 2.80. The van der Waals surface area contributed by atoms with E-state index in [1.165, 1.54) is 7.11 Å². The molecule has 0 spiro atoms. The Morgan fingerprint density at radius 3 is 2.04 bits per heavy atom. The molecule has 0 aliphatic heterocycles. The lowest BCUT2D eigenvalue weighted by Crippen LogP contribution is -2.56. The van der Waals surface area contributed by atoms with Crippen LogP contribution in [0.1, 0.15) is 66.7 Å². The van der Waals surface area contributed by atoms with Crippen LogP contribution in [0.3, 0.4) is 0 Å². The average molecular weight is 369 g/mol. The average Bonchev–Trinajstić information content (AvgIpc) is 2.62. The van der Waals surface area contributed by atoms with E-state index in [1.54, 1.807) is 0 Å². The SMILES string of the molecule is CC[C@@H](C)[C@H](NC(=O)C1CCC(C)CC1)C(=O)N[C@H](C(=O)OC)C(C)C. The summed E-state index contributed by atoms with van der Waals surface area (Å²) in [5.41, 5.74) is 0. The lowest BCUT2D eigenvalue weighted by molar-refractivity contribution is -0.147. The first-order valence-electron chi connectivity index (χ1n) is 9.89. The lowest BCUT2D eigenvalue weighted by atomic mass is 9.82. The Hall–Kier alpha value is -1.59. The lowest BCUT2D eigenvalue weighted by Gasteiger charge is -2.30. The third kappa shape index (κ3) is 6.29. The Labute approximate surface area is 157 Å². The molecular formula is C20H36N2O4. The zero-order valence-corrected chi connectivity index (χ0v) is 17.1. The molecule has 1 aliphatic rings. The van der Waals surface area contributed by atoms with Gasteiger partial charge in [-0.15, -0.1) is 0 Å². The second-order valence-electron chi connectivity index (χ2n) is 8.08. The number of esters is 1. The highest BCUT2D eigenvalue weighted by Gasteiger charge is 2.33. The minimum atomic E-state index is -0.716. The van der Waals surface area contributed by atoms with Gasteiger partial charge >= 0.3 is 5.97 Å². The van der Waals surface area contributed by atoms with Crippen molar-refractivity contribution in [2.45, 2.75) is 78.8 Å². The van der Waals surface area contributed by atoms with Gasteiger partial charge in [0.25, 0.3) is 0 Å². The number of methoxy groups -OCH3 is 1. The molecular weight excluding hydrogens is 332 g/mol. The molecule has 0 unspecified atom stereocenters. The zero-order valence-electron chi connectivity index (χ0n) is 17.1. The van der Waals surface area contributed by atoms with E-state index in [0.717, 1.165) is 32.1 Å². The largest absolute Gasteiger partial charge is 0.467 e. The van der Waals surface area contributed by atoms with Gasteiger partial charge in [-0.1, -0.05) is 41.0 Å². The van der Waals surface area contributed by atoms with Crippen LogP contribution >= 0.6 is 0 Å². The van der Waals surface area contributed by atoms with Gasteiger partial charge in [0.2, 0.25) is 11.8 Å². The van der Waals surface area contributed by atoms with E-state index >= 15 is 0 Å². The first-order valence-corrected chi connectivity index (χ1v) is 9.89. The molecule has 6 nitrogen and oxygen atoms in total. The van der Waals surface area contributed by atoms with Gasteiger partial charge < -0.3 is 15.4 Å². The monoisotopic (exact) mass is 368 g/mol. The normalized spacial score (nSPS) is 23.7. The third-order valence-corrected chi connectivity index (χ3v) is 5.60. The van der Waals surface area contributed by atoms with E-state index in [2.05, 4.69) is 17.6 Å². The topological polar surface area (TPSA) is 84.5 Å². The molecule has 0 heterocycles. The molecule has 26 heavy (non-hydrogen) atoms. The van der Waals surface area contributed by atoms with Crippen LogP contribution in [0.4, 0.5) is 0 Å². The van der Waals surface area contributed by atoms with Crippen molar-refractivity contribution in [3.05, 3.63) is 0 Å². The van der Waals surface area contributed by atoms with Gasteiger partial charge in [0.15, 0.2) is 0 Å². The van der Waals surface area contributed by atoms with Gasteiger partial charge in [-0.3, -0.25) is 9.59 Å². The summed E-state index contributed by atoms with van der Waals surface area (Å²) in [5, 5.41) is 5.72. The quantitative estimate of drug-likeness (QED) is 0.645. The van der Waals surface area contributed by atoms with Crippen molar-refractivity contribution in [3.8, 4) is 0 Å². The second-order valence-corrected chi connectivity index (χ2v) is 8.08. The molecule has 2 N–H and O–H groups in total. The number of hydrogen-bond acceptors (Lipinski definition) is 4. The molecule has 1 fully saturated rings. The molecule has 0 aromatic rings. The summed E-state index contributed by atoms with van der Waals surface area (Å²) >= 11 is 0. The van der Waals surface area contributed by atoms with Crippen LogP contribution in [0.5, 0.6) is 0 Å². The van der Waals surface area contributed by atoms with Crippen LogP contribution in [0.2, 0.25) is 0 Å². The fourth-order valence-corrected chi connectivity index (χ4v) is 3.36. The minimum absolute atomic E-state index is 0.0212. The van der Waals surface area contributed by atoms with Crippen molar-refractivity contribution in [1.82, 2.24) is 10.6 Å². The highest BCUT2D eigenvalue weighted by atomic mass is 16.5. The van der Waals surface area contributed by atoms with Gasteiger partial charge in [0.05, 0.1) is 7.11 Å². The van der Waals surface area contributed by atoms with E-state index in [9.17, 15) is 14.4 Å². The second kappa shape index (κ2) is 10.5. The van der Waals surface area contributed by atoms with Gasteiger partial charge in [-0.25, -0.2) is 4.79 Å². The molecule has 0 aromatic carbocycles. The summed E-state index contributed by atoms with van der Waals surface area (Å²) in [6.45, 7) is 9.84. The fourth-order valence-electron chi connectivity index (χ4n) is 3.36. The van der Waals surface area contributed by atoms with E-state index in [1.807, 2.05) is 27.7 Å². The molecule has 1 saturated carbocycles. The van der Waals surface area contributed by atoms with E-state index in [0.29, 0.717) is 5.92 Å². The number of carbonyl (C=O) groups is 3. The number of nitrogens with one attached hydrogen (secondary N) is 2. The van der Waals surface area contributed by atoms with Crippen LogP contribution in [-0.4, -0.2) is 37.0 Å². The third-order valence-electron chi connectivity index (χ3n) is 5.60. The first kappa shape index (κ1) is 22.5. The Morgan fingerprint density at radius 2 is 1.58 bits per heavy atom. The number of ether oxygens (including phenoxy) is 1. The molecule has 2 amide bonds. The first-order chi connectivity index (χ1) is 12.2. The summed E-state index contributed by atoms with van der Waals surface area (Å²) in [6.07, 6.45) is 4.61. The Bertz CT molecular complexity index is 484. The van der Waals surface area contributed by atoms with Crippen molar-refractivity contribution < 1.29 is 19.1 Å². The summed E-state index contributed by atoms with van der Waals surface area (Å²) in [4.78, 5) is 37.4. The standard InChI is InChI=1S/C20H36N2O4/c1-7-14(5)17(19(24)21-16(12(2)3)20(25)26-6)22-18(23)15-10-8-13(4)9-11-15/h12-17H,7-11H2,1-6H3,(H,21,24)(H,22,23)/t13?,14-,15?,16+,17+/m1/s1. The summed E-state index contributed by atoms with van der Waals surface area (Å²) in [5.74, 6) is -0.306. The summed E-state index contributed by atoms with van der Waals surface area (Å²) < 4.78 is 4.79. The highest BCUT2D eigenvalue weighted by Crippen LogP contribution is 2.28. The molecule has 150 valence electrons. The Morgan fingerprint density at radius 1 is 1.00 bits per heavy atom. The van der Waals surface area contributed by atoms with Crippen molar-refractivity contribution in [3.63, 3.8) is 0 Å². The van der Waals surface area contributed by atoms with Gasteiger partial charge in [-0.05, 0) is 43.4 Å². The molecule has 0 bridgehead atoms. The van der Waals surface area contributed by atoms with Crippen LogP contribution in [0.15, 0.2) is 0 Å². The zero-order chi connectivity index (χ0) is 19.9. The maximum Gasteiger partial charge on any atom is 0.328 e. The number of hydrogen-bond donors (Lipinski definition) is 2. The minimum Gasteiger partial charge on any atom is -0.467 e. The Kier molecular flexibility index (Phi) is 9.09. The molecule has 0 radical (unpaired) electrons. The maximum atomic E-state index is 12.8. The van der Waals surface area contributed by atoms with Gasteiger partial charge in [0.1, 0.15) is 12.1 Å². The number of rotatable bonds is 8. The highest BCUT2D eigenvalue weighted by molar-refractivity contribution is 5.91. The van der Waals surface area contributed by atoms with Crippen LogP contribution in [-0.2, 0) is 19.1 Å². The van der Waals surface area contributed by atoms with Crippen molar-refractivity contribution >= 4 is 17.8 Å². The predicted molar refractivity (Wildman–Crippen MR) is 101 cm³/mol. The van der Waals surface area contributed by atoms with Gasteiger partial charge in [-0.2, -0.15) is 0 Å². The van der Waals surface area contributed by atoms with E-state index in [-0.39, 0.29) is 29.6 Å². The van der Waals surface area contributed by atoms with Crippen molar-refractivity contribution in [1.29, 1.82) is 0 Å².